The van der Waals surface area contributed by atoms with Crippen molar-refractivity contribution in [1.29, 1.82) is 0 Å². The third kappa shape index (κ3) is 6.75. The molecule has 0 radical (unpaired) electrons. The Bertz CT molecular complexity index is 881. The van der Waals surface area contributed by atoms with Gasteiger partial charge in [-0.2, -0.15) is 0 Å². The second-order valence-corrected chi connectivity index (χ2v) is 9.59. The highest BCUT2D eigenvalue weighted by Gasteiger charge is 2.30. The van der Waals surface area contributed by atoms with Crippen molar-refractivity contribution in [1.82, 2.24) is 10.2 Å². The topological polar surface area (TPSA) is 49.4 Å². The fourth-order valence-electron chi connectivity index (χ4n) is 4.02. The van der Waals surface area contributed by atoms with E-state index >= 15 is 0 Å². The summed E-state index contributed by atoms with van der Waals surface area (Å²) < 4.78 is 0. The number of nitrogens with one attached hydrogen (secondary N) is 1. The average Bonchev–Trinajstić information content (AvgIpc) is 3.27. The van der Waals surface area contributed by atoms with E-state index in [-0.39, 0.29) is 23.6 Å². The molecule has 0 aliphatic heterocycles. The summed E-state index contributed by atoms with van der Waals surface area (Å²) in [7, 11) is 0. The predicted molar refractivity (Wildman–Crippen MR) is 128 cm³/mol. The Labute approximate surface area is 194 Å². The summed E-state index contributed by atoms with van der Waals surface area (Å²) in [6.45, 7) is 4.45. The largest absolute Gasteiger partial charge is 0.352 e. The summed E-state index contributed by atoms with van der Waals surface area (Å²) in [5, 5.41) is 3.86. The van der Waals surface area contributed by atoms with Crippen LogP contribution in [0.5, 0.6) is 0 Å². The second-order valence-electron chi connectivity index (χ2n) is 8.10. The Morgan fingerprint density at radius 2 is 1.81 bits per heavy atom. The van der Waals surface area contributed by atoms with Gasteiger partial charge < -0.3 is 10.2 Å². The van der Waals surface area contributed by atoms with Gasteiger partial charge in [0.05, 0.1) is 5.75 Å². The first-order valence-corrected chi connectivity index (χ1v) is 12.4. The monoisotopic (exact) mass is 458 g/mol. The summed E-state index contributed by atoms with van der Waals surface area (Å²) in [6.07, 6.45) is 4.96. The lowest BCUT2D eigenvalue weighted by Crippen LogP contribution is -2.51. The molecule has 2 aromatic carbocycles. The maximum absolute atomic E-state index is 13.3. The molecule has 0 heterocycles. The molecule has 0 saturated heterocycles. The molecule has 1 aliphatic carbocycles. The van der Waals surface area contributed by atoms with E-state index < -0.39 is 6.04 Å². The Kier molecular flexibility index (Phi) is 8.85. The molecule has 0 spiro atoms. The maximum Gasteiger partial charge on any atom is 0.243 e. The summed E-state index contributed by atoms with van der Waals surface area (Å²) in [5.74, 6) is 0.213. The van der Waals surface area contributed by atoms with Crippen LogP contribution in [0.3, 0.4) is 0 Å². The number of thioether (sulfide) groups is 1. The molecule has 4 nitrogen and oxygen atoms in total. The fourth-order valence-corrected chi connectivity index (χ4v) is 4.93. The van der Waals surface area contributed by atoms with Crippen molar-refractivity contribution in [3.8, 4) is 0 Å². The van der Waals surface area contributed by atoms with E-state index in [0.29, 0.717) is 18.0 Å². The molecule has 2 aromatic rings. The van der Waals surface area contributed by atoms with Crippen molar-refractivity contribution >= 4 is 35.2 Å². The first kappa shape index (κ1) is 23.7. The van der Waals surface area contributed by atoms with Crippen LogP contribution in [0.15, 0.2) is 53.4 Å². The lowest BCUT2D eigenvalue weighted by molar-refractivity contribution is -0.139. The number of halogens is 1. The van der Waals surface area contributed by atoms with Gasteiger partial charge in [-0.15, -0.1) is 11.8 Å². The zero-order valence-electron chi connectivity index (χ0n) is 18.3. The highest BCUT2D eigenvalue weighted by molar-refractivity contribution is 8.00. The van der Waals surface area contributed by atoms with Crippen LogP contribution in [0, 0.1) is 6.92 Å². The van der Waals surface area contributed by atoms with Gasteiger partial charge in [0.1, 0.15) is 6.04 Å². The summed E-state index contributed by atoms with van der Waals surface area (Å²) in [5.41, 5.74) is 2.19. The zero-order chi connectivity index (χ0) is 22.2. The number of aryl methyl sites for hydroxylation is 1. The molecule has 1 N–H and O–H groups in total. The molecule has 0 aromatic heterocycles. The molecule has 0 bridgehead atoms. The average molecular weight is 459 g/mol. The lowest BCUT2D eigenvalue weighted by Gasteiger charge is -2.32. The van der Waals surface area contributed by atoms with Crippen LogP contribution >= 0.6 is 23.4 Å². The molecular weight excluding hydrogens is 428 g/mol. The van der Waals surface area contributed by atoms with E-state index in [1.54, 1.807) is 4.90 Å². The molecule has 1 atom stereocenters. The minimum Gasteiger partial charge on any atom is -0.352 e. The van der Waals surface area contributed by atoms with Crippen molar-refractivity contribution in [2.75, 3.05) is 5.75 Å². The summed E-state index contributed by atoms with van der Waals surface area (Å²) in [6, 6.07) is 15.3. The fraction of sp³-hybridized carbons (Fsp3) is 0.440. The molecule has 0 unspecified atom stereocenters. The van der Waals surface area contributed by atoms with Crippen LogP contribution in [0.1, 0.15) is 50.2 Å². The van der Waals surface area contributed by atoms with E-state index in [1.807, 2.05) is 62.4 Å². The highest BCUT2D eigenvalue weighted by atomic mass is 35.5. The van der Waals surface area contributed by atoms with E-state index in [9.17, 15) is 9.59 Å². The van der Waals surface area contributed by atoms with Crippen LogP contribution in [-0.4, -0.2) is 34.6 Å². The molecule has 31 heavy (non-hydrogen) atoms. The van der Waals surface area contributed by atoms with Gasteiger partial charge in [-0.05, 0) is 61.6 Å². The maximum atomic E-state index is 13.3. The second kappa shape index (κ2) is 11.6. The van der Waals surface area contributed by atoms with Crippen LogP contribution < -0.4 is 5.32 Å². The minimum atomic E-state index is -0.474. The number of carbonyl (C=O) groups is 2. The minimum absolute atomic E-state index is 0.0309. The molecular formula is C25H31ClN2O2S. The number of nitrogens with zero attached hydrogens (tertiary/aromatic N) is 1. The quantitative estimate of drug-likeness (QED) is 0.497. The number of hydrogen-bond acceptors (Lipinski definition) is 3. The smallest absolute Gasteiger partial charge is 0.243 e. The standard InChI is InChI=1S/C25H31ClN2O2S/c1-3-23(25(30)27-21-10-6-7-11-21)28(16-19-9-5-4-8-18(19)2)24(29)17-31-22-14-12-20(26)13-15-22/h4-5,8-9,12-15,21,23H,3,6-7,10-11,16-17H2,1-2H3,(H,27,30)/t23-/m0/s1. The lowest BCUT2D eigenvalue weighted by atomic mass is 10.1. The van der Waals surface area contributed by atoms with Crippen molar-refractivity contribution in [2.24, 2.45) is 0 Å². The van der Waals surface area contributed by atoms with Gasteiger partial charge in [0.25, 0.3) is 0 Å². The Hall–Kier alpha value is -1.98. The van der Waals surface area contributed by atoms with Gasteiger partial charge in [-0.25, -0.2) is 0 Å². The number of hydrogen-bond donors (Lipinski definition) is 1. The zero-order valence-corrected chi connectivity index (χ0v) is 19.8. The predicted octanol–water partition coefficient (Wildman–Crippen LogP) is 5.61. The molecule has 1 saturated carbocycles. The van der Waals surface area contributed by atoms with E-state index in [0.717, 1.165) is 41.7 Å². The molecule has 6 heteroatoms. The van der Waals surface area contributed by atoms with Gasteiger partial charge in [0, 0.05) is 22.5 Å². The summed E-state index contributed by atoms with van der Waals surface area (Å²) >= 11 is 7.44. The van der Waals surface area contributed by atoms with Crippen molar-refractivity contribution < 1.29 is 9.59 Å². The highest BCUT2D eigenvalue weighted by Crippen LogP contribution is 2.23. The van der Waals surface area contributed by atoms with Gasteiger partial charge in [-0.1, -0.05) is 55.6 Å². The van der Waals surface area contributed by atoms with E-state index in [2.05, 4.69) is 5.32 Å². The summed E-state index contributed by atoms with van der Waals surface area (Å²) in [4.78, 5) is 29.2. The van der Waals surface area contributed by atoms with Crippen LogP contribution in [0.2, 0.25) is 5.02 Å². The van der Waals surface area contributed by atoms with Crippen LogP contribution in [0.25, 0.3) is 0 Å². The van der Waals surface area contributed by atoms with Gasteiger partial charge >= 0.3 is 0 Å². The molecule has 1 aliphatic rings. The number of amides is 2. The van der Waals surface area contributed by atoms with Crippen LogP contribution in [0.4, 0.5) is 0 Å². The number of benzene rings is 2. The van der Waals surface area contributed by atoms with Crippen LogP contribution in [-0.2, 0) is 16.1 Å². The SMILES string of the molecule is CC[C@@H](C(=O)NC1CCCC1)N(Cc1ccccc1C)C(=O)CSc1ccc(Cl)cc1. The van der Waals surface area contributed by atoms with E-state index in [1.165, 1.54) is 11.8 Å². The molecule has 1 fully saturated rings. The van der Waals surface area contributed by atoms with Gasteiger partial charge in [0.2, 0.25) is 11.8 Å². The molecule has 3 rings (SSSR count). The molecule has 2 amide bonds. The van der Waals surface area contributed by atoms with Crippen molar-refractivity contribution in [2.45, 2.75) is 69.5 Å². The van der Waals surface area contributed by atoms with Gasteiger partial charge in [0.15, 0.2) is 0 Å². The third-order valence-electron chi connectivity index (χ3n) is 5.87. The van der Waals surface area contributed by atoms with Gasteiger partial charge in [-0.3, -0.25) is 9.59 Å². The first-order valence-electron chi connectivity index (χ1n) is 11.0. The number of rotatable bonds is 9. The van der Waals surface area contributed by atoms with Crippen molar-refractivity contribution in [3.05, 3.63) is 64.7 Å². The number of carbonyl (C=O) groups excluding carboxylic acids is 2. The first-order chi connectivity index (χ1) is 15.0. The normalized spacial score (nSPS) is 14.9. The Morgan fingerprint density at radius 3 is 2.45 bits per heavy atom. The Balaban J connectivity index is 1.76. The van der Waals surface area contributed by atoms with Crippen molar-refractivity contribution in [3.63, 3.8) is 0 Å². The van der Waals surface area contributed by atoms with E-state index in [4.69, 9.17) is 11.6 Å². The third-order valence-corrected chi connectivity index (χ3v) is 7.11. The molecule has 166 valence electrons. The Morgan fingerprint density at radius 1 is 1.13 bits per heavy atom.